The number of aryl methyl sites for hydroxylation is 1. The molecule has 238 valence electrons. The SMILES string of the molecule is Cn1c(=O)c(C(=O)c2ccccc2)c2c3c(c(Nc4ccc(S(=O)(=O)O)c(Nc5nc(Cl)nc(Cl)n5)c4)ccc31)C(=O)c1ccccc1-2. The first-order valence-electron chi connectivity index (χ1n) is 14.1. The molecule has 0 saturated carbocycles. The first-order chi connectivity index (χ1) is 22.9. The molecule has 0 aliphatic heterocycles. The van der Waals surface area contributed by atoms with Gasteiger partial charge in [0.1, 0.15) is 4.90 Å². The Kier molecular flexibility index (Phi) is 7.56. The third-order valence-electron chi connectivity index (χ3n) is 7.86. The van der Waals surface area contributed by atoms with Crippen LogP contribution < -0.4 is 16.2 Å². The van der Waals surface area contributed by atoms with E-state index in [1.165, 1.54) is 23.7 Å². The second-order valence-corrected chi connectivity index (χ2v) is 12.8. The fourth-order valence-electron chi connectivity index (χ4n) is 5.81. The minimum absolute atomic E-state index is 0.0757. The molecular weight excluding hydrogens is 679 g/mol. The number of hydrogen-bond donors (Lipinski definition) is 3. The number of halogens is 2. The van der Waals surface area contributed by atoms with E-state index in [1.807, 2.05) is 0 Å². The molecule has 1 aliphatic carbocycles. The Morgan fingerprint density at radius 2 is 1.46 bits per heavy atom. The summed E-state index contributed by atoms with van der Waals surface area (Å²) < 4.78 is 35.7. The van der Waals surface area contributed by atoms with Gasteiger partial charge in [-0.15, -0.1) is 0 Å². The van der Waals surface area contributed by atoms with Gasteiger partial charge in [0.05, 0.1) is 28.0 Å². The van der Waals surface area contributed by atoms with E-state index in [9.17, 15) is 27.4 Å². The maximum absolute atomic E-state index is 14.2. The van der Waals surface area contributed by atoms with Gasteiger partial charge in [-0.1, -0.05) is 54.6 Å². The summed E-state index contributed by atoms with van der Waals surface area (Å²) in [5.41, 5.74) is 1.87. The summed E-state index contributed by atoms with van der Waals surface area (Å²) in [6.07, 6.45) is 0. The van der Waals surface area contributed by atoms with E-state index in [-0.39, 0.29) is 44.8 Å². The Labute approximate surface area is 281 Å². The molecule has 0 radical (unpaired) electrons. The highest BCUT2D eigenvalue weighted by Gasteiger charge is 2.34. The number of rotatable bonds is 7. The highest BCUT2D eigenvalue weighted by Crippen LogP contribution is 2.44. The van der Waals surface area contributed by atoms with Crippen molar-refractivity contribution in [3.05, 3.63) is 128 Å². The number of ketones is 2. The number of pyridine rings is 1. The van der Waals surface area contributed by atoms with Crippen molar-refractivity contribution >= 4 is 78.8 Å². The van der Waals surface area contributed by atoms with E-state index in [2.05, 4.69) is 25.6 Å². The summed E-state index contributed by atoms with van der Waals surface area (Å²) in [4.78, 5) is 53.0. The molecule has 2 aromatic heterocycles. The first-order valence-corrected chi connectivity index (χ1v) is 16.3. The quantitative estimate of drug-likeness (QED) is 0.128. The van der Waals surface area contributed by atoms with Gasteiger partial charge < -0.3 is 15.2 Å². The molecule has 0 atom stereocenters. The minimum Gasteiger partial charge on any atom is -0.355 e. The number of carbonyl (C=O) groups excluding carboxylic acids is 2. The molecular formula is C33H20Cl2N6O6S. The summed E-state index contributed by atoms with van der Waals surface area (Å²) in [5, 5.41) is 5.73. The second kappa shape index (κ2) is 11.6. The zero-order chi connectivity index (χ0) is 33.9. The summed E-state index contributed by atoms with van der Waals surface area (Å²) in [6.45, 7) is 0. The zero-order valence-electron chi connectivity index (χ0n) is 24.5. The van der Waals surface area contributed by atoms with Crippen LogP contribution in [0.1, 0.15) is 31.8 Å². The van der Waals surface area contributed by atoms with Gasteiger partial charge >= 0.3 is 0 Å². The Morgan fingerprint density at radius 1 is 0.792 bits per heavy atom. The van der Waals surface area contributed by atoms with Crippen molar-refractivity contribution in [3.8, 4) is 11.1 Å². The first kappa shape index (κ1) is 31.1. The van der Waals surface area contributed by atoms with Gasteiger partial charge in [-0.2, -0.15) is 23.4 Å². The Bertz CT molecular complexity index is 2520. The molecule has 2 heterocycles. The Hall–Kier alpha value is -5.47. The maximum Gasteiger partial charge on any atom is 0.296 e. The fourth-order valence-corrected chi connectivity index (χ4v) is 6.80. The highest BCUT2D eigenvalue weighted by molar-refractivity contribution is 7.86. The number of anilines is 4. The average Bonchev–Trinajstić information content (AvgIpc) is 3.05. The lowest BCUT2D eigenvalue weighted by Gasteiger charge is -2.25. The molecule has 6 aromatic rings. The molecule has 48 heavy (non-hydrogen) atoms. The molecule has 3 N–H and O–H groups in total. The van der Waals surface area contributed by atoms with Crippen molar-refractivity contribution in [1.29, 1.82) is 0 Å². The van der Waals surface area contributed by atoms with Gasteiger partial charge in [0, 0.05) is 34.8 Å². The molecule has 0 amide bonds. The molecule has 0 bridgehead atoms. The molecule has 12 nitrogen and oxygen atoms in total. The Balaban J connectivity index is 1.44. The number of carbonyl (C=O) groups is 2. The number of fused-ring (bicyclic) bond motifs is 2. The lowest BCUT2D eigenvalue weighted by Crippen LogP contribution is -2.29. The van der Waals surface area contributed by atoms with E-state index in [1.54, 1.807) is 66.7 Å². The predicted octanol–water partition coefficient (Wildman–Crippen LogP) is 6.21. The molecule has 0 unspecified atom stereocenters. The highest BCUT2D eigenvalue weighted by atomic mass is 35.5. The van der Waals surface area contributed by atoms with Gasteiger partial charge in [0.2, 0.25) is 16.5 Å². The minimum atomic E-state index is -4.73. The summed E-state index contributed by atoms with van der Waals surface area (Å²) >= 11 is 11.8. The van der Waals surface area contributed by atoms with Gasteiger partial charge in [0.25, 0.3) is 15.7 Å². The van der Waals surface area contributed by atoms with E-state index < -0.39 is 26.4 Å². The molecule has 15 heteroatoms. The zero-order valence-corrected chi connectivity index (χ0v) is 26.9. The van der Waals surface area contributed by atoms with Crippen LogP contribution in [0.25, 0.3) is 22.0 Å². The lowest BCUT2D eigenvalue weighted by atomic mass is 9.80. The van der Waals surface area contributed by atoms with Gasteiger partial charge in [0.15, 0.2) is 11.6 Å². The third-order valence-corrected chi connectivity index (χ3v) is 9.11. The van der Waals surface area contributed by atoms with Crippen molar-refractivity contribution in [2.75, 3.05) is 10.6 Å². The number of hydrogen-bond acceptors (Lipinski definition) is 10. The summed E-state index contributed by atoms with van der Waals surface area (Å²) in [7, 11) is -3.20. The van der Waals surface area contributed by atoms with Crippen LogP contribution in [0, 0.1) is 0 Å². The van der Waals surface area contributed by atoms with E-state index in [4.69, 9.17) is 23.2 Å². The van der Waals surface area contributed by atoms with Crippen LogP contribution in [0.15, 0.2) is 94.6 Å². The monoisotopic (exact) mass is 698 g/mol. The van der Waals surface area contributed by atoms with Crippen LogP contribution >= 0.6 is 23.2 Å². The van der Waals surface area contributed by atoms with Crippen LogP contribution in [-0.4, -0.2) is 44.1 Å². The smallest absolute Gasteiger partial charge is 0.296 e. The van der Waals surface area contributed by atoms with Crippen LogP contribution in [0.2, 0.25) is 10.6 Å². The molecule has 7 rings (SSSR count). The van der Waals surface area contributed by atoms with Crippen molar-refractivity contribution < 1.29 is 22.6 Å². The standard InChI is InChI=1S/C33H20Cl2N6O6S/c1-41-22-13-12-20(36-17-11-14-23(48(45,46)47)21(15-17)37-33-39-31(34)38-32(35)40-33)25-26(22)24(18-9-5-6-10-19(18)29(25)43)27(30(41)44)28(42)16-7-3-2-4-8-16/h2-15,36H,1H3,(H,45,46,47)(H,37,38,39,40). The summed E-state index contributed by atoms with van der Waals surface area (Å²) in [6, 6.07) is 22.3. The van der Waals surface area contributed by atoms with Crippen LogP contribution in [-0.2, 0) is 17.2 Å². The van der Waals surface area contributed by atoms with Gasteiger partial charge in [-0.05, 0) is 59.1 Å². The second-order valence-electron chi connectivity index (χ2n) is 10.7. The number of nitrogens with one attached hydrogen (secondary N) is 2. The van der Waals surface area contributed by atoms with Crippen molar-refractivity contribution in [3.63, 3.8) is 0 Å². The van der Waals surface area contributed by atoms with Crippen molar-refractivity contribution in [2.45, 2.75) is 4.90 Å². The van der Waals surface area contributed by atoms with Crippen LogP contribution in [0.4, 0.5) is 23.0 Å². The Morgan fingerprint density at radius 3 is 2.15 bits per heavy atom. The van der Waals surface area contributed by atoms with Gasteiger partial charge in [-0.3, -0.25) is 18.9 Å². The van der Waals surface area contributed by atoms with Crippen molar-refractivity contribution in [1.82, 2.24) is 19.5 Å². The normalized spacial score (nSPS) is 12.1. The summed E-state index contributed by atoms with van der Waals surface area (Å²) in [5.74, 6) is -1.04. The van der Waals surface area contributed by atoms with Crippen LogP contribution in [0.3, 0.4) is 0 Å². The number of benzene rings is 4. The number of nitrogens with zero attached hydrogens (tertiary/aromatic N) is 4. The van der Waals surface area contributed by atoms with Crippen molar-refractivity contribution in [2.24, 2.45) is 7.05 Å². The maximum atomic E-state index is 14.2. The molecule has 4 aromatic carbocycles. The van der Waals surface area contributed by atoms with Crippen LogP contribution in [0.5, 0.6) is 0 Å². The molecule has 1 aliphatic rings. The fraction of sp³-hybridized carbons (Fsp3) is 0.0303. The molecule has 0 saturated heterocycles. The number of aromatic nitrogens is 4. The molecule has 0 fully saturated rings. The predicted molar refractivity (Wildman–Crippen MR) is 181 cm³/mol. The molecule has 0 spiro atoms. The lowest BCUT2D eigenvalue weighted by molar-refractivity contribution is 0.102. The average molecular weight is 700 g/mol. The van der Waals surface area contributed by atoms with Gasteiger partial charge in [-0.25, -0.2) is 0 Å². The van der Waals surface area contributed by atoms with E-state index in [0.29, 0.717) is 38.8 Å². The van der Waals surface area contributed by atoms with E-state index >= 15 is 0 Å². The largest absolute Gasteiger partial charge is 0.355 e. The topological polar surface area (TPSA) is 173 Å². The third kappa shape index (κ3) is 5.28. The van der Waals surface area contributed by atoms with E-state index in [0.717, 1.165) is 6.07 Å².